The molecular formula is C21H27N3O3. The first-order valence-corrected chi connectivity index (χ1v) is 9.49. The molecular weight excluding hydrogens is 342 g/mol. The van der Waals surface area contributed by atoms with Gasteiger partial charge in [-0.05, 0) is 37.6 Å². The van der Waals surface area contributed by atoms with Crippen LogP contribution in [0.25, 0.3) is 0 Å². The Labute approximate surface area is 160 Å². The van der Waals surface area contributed by atoms with Crippen LogP contribution in [0.5, 0.6) is 5.75 Å². The first-order chi connectivity index (χ1) is 13.2. The van der Waals surface area contributed by atoms with Crippen molar-refractivity contribution in [3.63, 3.8) is 0 Å². The van der Waals surface area contributed by atoms with Crippen molar-refractivity contribution in [1.29, 1.82) is 0 Å². The molecule has 2 aromatic rings. The maximum Gasteiger partial charge on any atom is 0.325 e. The number of hydrogen-bond acceptors (Lipinski definition) is 5. The summed E-state index contributed by atoms with van der Waals surface area (Å²) in [4.78, 5) is 20.7. The zero-order valence-electron chi connectivity index (χ0n) is 15.8. The lowest BCUT2D eigenvalue weighted by molar-refractivity contribution is -0.143. The third-order valence-electron chi connectivity index (χ3n) is 4.86. The number of aliphatic carboxylic acids is 1. The van der Waals surface area contributed by atoms with Crippen LogP contribution in [0.3, 0.4) is 0 Å². The van der Waals surface area contributed by atoms with Gasteiger partial charge in [0.1, 0.15) is 11.8 Å². The van der Waals surface area contributed by atoms with Gasteiger partial charge in [-0.25, -0.2) is 0 Å². The van der Waals surface area contributed by atoms with Crippen molar-refractivity contribution < 1.29 is 14.6 Å². The molecule has 2 heterocycles. The summed E-state index contributed by atoms with van der Waals surface area (Å²) in [6, 6.07) is 10.8. The van der Waals surface area contributed by atoms with Crippen molar-refractivity contribution in [2.75, 3.05) is 32.8 Å². The Hall–Kier alpha value is -2.44. The molecule has 0 radical (unpaired) electrons. The summed E-state index contributed by atoms with van der Waals surface area (Å²) >= 11 is 0. The summed E-state index contributed by atoms with van der Waals surface area (Å²) in [5, 5.41) is 9.95. The van der Waals surface area contributed by atoms with E-state index in [1.165, 1.54) is 5.56 Å². The third kappa shape index (κ3) is 5.05. The van der Waals surface area contributed by atoms with E-state index < -0.39 is 12.0 Å². The fraction of sp³-hybridized carbons (Fsp3) is 0.429. The van der Waals surface area contributed by atoms with Gasteiger partial charge in [-0.2, -0.15) is 0 Å². The predicted molar refractivity (Wildman–Crippen MR) is 104 cm³/mol. The van der Waals surface area contributed by atoms with Crippen LogP contribution >= 0.6 is 0 Å². The van der Waals surface area contributed by atoms with Gasteiger partial charge in [0.2, 0.25) is 0 Å². The molecule has 6 nitrogen and oxygen atoms in total. The number of carboxylic acid groups (broad SMARTS) is 1. The van der Waals surface area contributed by atoms with Crippen LogP contribution in [-0.2, 0) is 11.3 Å². The monoisotopic (exact) mass is 369 g/mol. The number of carboxylic acids is 1. The van der Waals surface area contributed by atoms with Gasteiger partial charge < -0.3 is 9.84 Å². The average Bonchev–Trinajstić information content (AvgIpc) is 2.90. The van der Waals surface area contributed by atoms with Crippen LogP contribution < -0.4 is 4.74 Å². The quantitative estimate of drug-likeness (QED) is 0.810. The smallest absolute Gasteiger partial charge is 0.325 e. The largest absolute Gasteiger partial charge is 0.494 e. The molecule has 1 saturated heterocycles. The number of nitrogens with zero attached hydrogens (tertiary/aromatic N) is 3. The number of ether oxygens (including phenoxy) is 1. The van der Waals surface area contributed by atoms with E-state index in [1.54, 1.807) is 6.20 Å². The van der Waals surface area contributed by atoms with Crippen LogP contribution in [-0.4, -0.2) is 58.6 Å². The number of para-hydroxylation sites is 1. The molecule has 0 saturated carbocycles. The fourth-order valence-corrected chi connectivity index (χ4v) is 3.64. The minimum absolute atomic E-state index is 0.516. The molecule has 27 heavy (non-hydrogen) atoms. The van der Waals surface area contributed by atoms with E-state index in [2.05, 4.69) is 20.9 Å². The lowest BCUT2D eigenvalue weighted by Gasteiger charge is -2.29. The number of aromatic nitrogens is 1. The van der Waals surface area contributed by atoms with Gasteiger partial charge in [0.05, 0.1) is 6.61 Å². The average molecular weight is 369 g/mol. The summed E-state index contributed by atoms with van der Waals surface area (Å²) in [6.45, 7) is 6.50. The zero-order valence-corrected chi connectivity index (χ0v) is 15.8. The highest BCUT2D eigenvalue weighted by Gasteiger charge is 2.31. The lowest BCUT2D eigenvalue weighted by atomic mass is 10.0. The fourth-order valence-electron chi connectivity index (χ4n) is 3.64. The van der Waals surface area contributed by atoms with Crippen LogP contribution in [0, 0.1) is 0 Å². The molecule has 1 aromatic heterocycles. The van der Waals surface area contributed by atoms with Crippen molar-refractivity contribution in [1.82, 2.24) is 14.8 Å². The number of pyridine rings is 1. The molecule has 1 aromatic carbocycles. The van der Waals surface area contributed by atoms with Crippen molar-refractivity contribution in [2.45, 2.75) is 25.9 Å². The number of hydrogen-bond donors (Lipinski definition) is 1. The molecule has 1 fully saturated rings. The molecule has 0 aliphatic carbocycles. The van der Waals surface area contributed by atoms with Crippen LogP contribution in [0.1, 0.15) is 30.5 Å². The lowest BCUT2D eigenvalue weighted by Crippen LogP contribution is -2.37. The summed E-state index contributed by atoms with van der Waals surface area (Å²) in [6.07, 6.45) is 4.60. The van der Waals surface area contributed by atoms with E-state index in [0.29, 0.717) is 18.9 Å². The van der Waals surface area contributed by atoms with Crippen LogP contribution in [0.15, 0.2) is 48.8 Å². The highest BCUT2D eigenvalue weighted by Crippen LogP contribution is 2.30. The number of rotatable bonds is 7. The highest BCUT2D eigenvalue weighted by atomic mass is 16.5. The minimum atomic E-state index is -0.831. The molecule has 0 spiro atoms. The summed E-state index contributed by atoms with van der Waals surface area (Å²) in [7, 11) is 0. The Morgan fingerprint density at radius 1 is 1.19 bits per heavy atom. The SMILES string of the molecule is CCOc1ccccc1[C@@H](C(=O)O)N1CCCN(Cc2cccnc2)CC1. The van der Waals surface area contributed by atoms with E-state index in [9.17, 15) is 9.90 Å². The Balaban J connectivity index is 1.73. The predicted octanol–water partition coefficient (Wildman–Crippen LogP) is 2.81. The topological polar surface area (TPSA) is 65.9 Å². The van der Waals surface area contributed by atoms with Crippen molar-refractivity contribution >= 4 is 5.97 Å². The highest BCUT2D eigenvalue weighted by molar-refractivity contribution is 5.76. The standard InChI is InChI=1S/C21H27N3O3/c1-2-27-19-9-4-3-8-18(19)20(21(25)26)24-12-6-11-23(13-14-24)16-17-7-5-10-22-15-17/h3-5,7-10,15,20H,2,6,11-14,16H2,1H3,(H,25,26)/t20-/m0/s1. The summed E-state index contributed by atoms with van der Waals surface area (Å²) in [5.74, 6) is -0.174. The van der Waals surface area contributed by atoms with Gasteiger partial charge in [-0.1, -0.05) is 24.3 Å². The van der Waals surface area contributed by atoms with E-state index in [1.807, 2.05) is 43.5 Å². The molecule has 0 amide bonds. The summed E-state index contributed by atoms with van der Waals surface area (Å²) in [5.41, 5.74) is 1.91. The second kappa shape index (κ2) is 9.48. The van der Waals surface area contributed by atoms with Gasteiger partial charge in [-0.3, -0.25) is 19.6 Å². The Bertz CT molecular complexity index is 738. The van der Waals surface area contributed by atoms with Crippen molar-refractivity contribution in [3.05, 3.63) is 59.9 Å². The first kappa shape index (κ1) is 19.3. The van der Waals surface area contributed by atoms with E-state index in [4.69, 9.17) is 4.74 Å². The van der Waals surface area contributed by atoms with Crippen LogP contribution in [0.2, 0.25) is 0 Å². The maximum atomic E-state index is 12.1. The van der Waals surface area contributed by atoms with E-state index >= 15 is 0 Å². The maximum absolute atomic E-state index is 12.1. The number of carbonyl (C=O) groups is 1. The van der Waals surface area contributed by atoms with Gasteiger partial charge >= 0.3 is 5.97 Å². The normalized spacial score (nSPS) is 17.2. The number of benzene rings is 1. The molecule has 3 rings (SSSR count). The molecule has 1 atom stereocenters. The second-order valence-electron chi connectivity index (χ2n) is 6.74. The second-order valence-corrected chi connectivity index (χ2v) is 6.74. The Morgan fingerprint density at radius 3 is 2.78 bits per heavy atom. The van der Waals surface area contributed by atoms with Gasteiger partial charge in [0.15, 0.2) is 0 Å². The summed E-state index contributed by atoms with van der Waals surface area (Å²) < 4.78 is 5.68. The molecule has 144 valence electrons. The Kier molecular flexibility index (Phi) is 6.79. The van der Waals surface area contributed by atoms with Gasteiger partial charge in [-0.15, -0.1) is 0 Å². The molecule has 6 heteroatoms. The van der Waals surface area contributed by atoms with E-state index in [0.717, 1.165) is 38.2 Å². The van der Waals surface area contributed by atoms with Crippen molar-refractivity contribution in [2.24, 2.45) is 0 Å². The molecule has 0 unspecified atom stereocenters. The van der Waals surface area contributed by atoms with Crippen LogP contribution in [0.4, 0.5) is 0 Å². The molecule has 0 bridgehead atoms. The first-order valence-electron chi connectivity index (χ1n) is 9.49. The third-order valence-corrected chi connectivity index (χ3v) is 4.86. The van der Waals surface area contributed by atoms with Crippen molar-refractivity contribution in [3.8, 4) is 5.75 Å². The Morgan fingerprint density at radius 2 is 2.04 bits per heavy atom. The molecule has 1 aliphatic heterocycles. The van der Waals surface area contributed by atoms with Gasteiger partial charge in [0.25, 0.3) is 0 Å². The molecule has 1 N–H and O–H groups in total. The van der Waals surface area contributed by atoms with Gasteiger partial charge in [0, 0.05) is 44.1 Å². The molecule has 1 aliphatic rings. The zero-order chi connectivity index (χ0) is 19.1. The van der Waals surface area contributed by atoms with E-state index in [-0.39, 0.29) is 0 Å². The minimum Gasteiger partial charge on any atom is -0.494 e.